The Kier molecular flexibility index (Phi) is 6.13. The highest BCUT2D eigenvalue weighted by atomic mass is 32.2. The number of sulfonamides is 1. The summed E-state index contributed by atoms with van der Waals surface area (Å²) in [6, 6.07) is 12.6. The van der Waals surface area contributed by atoms with Gasteiger partial charge >= 0.3 is 5.97 Å². The number of ether oxygens (including phenoxy) is 2. The maximum absolute atomic E-state index is 12.6. The van der Waals surface area contributed by atoms with Gasteiger partial charge < -0.3 is 9.47 Å². The maximum Gasteiger partial charge on any atom is 0.343 e. The number of rotatable bonds is 6. The first-order valence-electron chi connectivity index (χ1n) is 9.06. The molecule has 3 rings (SSSR count). The summed E-state index contributed by atoms with van der Waals surface area (Å²) in [7, 11) is -3.51. The van der Waals surface area contributed by atoms with Crippen LogP contribution < -0.4 is 9.47 Å². The second kappa shape index (κ2) is 8.54. The Bertz CT molecular complexity index is 870. The largest absolute Gasteiger partial charge is 0.494 e. The fraction of sp³-hybridized carbons (Fsp3) is 0.350. The van der Waals surface area contributed by atoms with Gasteiger partial charge in [0.2, 0.25) is 10.0 Å². The molecule has 0 radical (unpaired) electrons. The van der Waals surface area contributed by atoms with Gasteiger partial charge in [0.1, 0.15) is 11.5 Å². The molecular formula is C20H23NO5S. The standard InChI is InChI=1S/C20H23NO5S/c1-2-25-17-8-10-18(11-9-17)26-20(22)16-6-12-19(13-7-16)27(23,24)21-14-4-3-5-15-21/h6-13H,2-5,14-15H2,1H3. The van der Waals surface area contributed by atoms with Gasteiger partial charge in [0.15, 0.2) is 0 Å². The fourth-order valence-electron chi connectivity index (χ4n) is 2.95. The molecule has 1 saturated heterocycles. The Morgan fingerprint density at radius 1 is 0.926 bits per heavy atom. The van der Waals surface area contributed by atoms with E-state index < -0.39 is 16.0 Å². The summed E-state index contributed by atoms with van der Waals surface area (Å²) in [5.41, 5.74) is 0.293. The molecule has 6 nitrogen and oxygen atoms in total. The van der Waals surface area contributed by atoms with E-state index in [1.165, 1.54) is 28.6 Å². The lowest BCUT2D eigenvalue weighted by Crippen LogP contribution is -2.35. The van der Waals surface area contributed by atoms with Gasteiger partial charge in [-0.05, 0) is 68.3 Å². The van der Waals surface area contributed by atoms with Gasteiger partial charge in [-0.15, -0.1) is 0 Å². The summed E-state index contributed by atoms with van der Waals surface area (Å²) < 4.78 is 37.5. The number of carbonyl (C=O) groups excluding carboxylic acids is 1. The van der Waals surface area contributed by atoms with Gasteiger partial charge in [0.05, 0.1) is 17.1 Å². The highest BCUT2D eigenvalue weighted by Crippen LogP contribution is 2.22. The van der Waals surface area contributed by atoms with E-state index in [4.69, 9.17) is 9.47 Å². The van der Waals surface area contributed by atoms with E-state index in [1.54, 1.807) is 24.3 Å². The predicted octanol–water partition coefficient (Wildman–Crippen LogP) is 3.48. The number of benzene rings is 2. The minimum Gasteiger partial charge on any atom is -0.494 e. The lowest BCUT2D eigenvalue weighted by atomic mass is 10.2. The first kappa shape index (κ1) is 19.4. The Labute approximate surface area is 159 Å². The number of hydrogen-bond donors (Lipinski definition) is 0. The Balaban J connectivity index is 1.68. The number of nitrogens with zero attached hydrogens (tertiary/aromatic N) is 1. The molecule has 1 aliphatic rings. The smallest absolute Gasteiger partial charge is 0.343 e. The molecular weight excluding hydrogens is 366 g/mol. The van der Waals surface area contributed by atoms with Crippen LogP contribution in [0.1, 0.15) is 36.5 Å². The lowest BCUT2D eigenvalue weighted by molar-refractivity contribution is 0.0734. The van der Waals surface area contributed by atoms with E-state index in [9.17, 15) is 13.2 Å². The molecule has 0 spiro atoms. The normalized spacial score (nSPS) is 15.3. The molecule has 0 bridgehead atoms. The van der Waals surface area contributed by atoms with Crippen LogP contribution in [0.5, 0.6) is 11.5 Å². The second-order valence-corrected chi connectivity index (χ2v) is 8.22. The Morgan fingerprint density at radius 2 is 1.52 bits per heavy atom. The fourth-order valence-corrected chi connectivity index (χ4v) is 4.47. The van der Waals surface area contributed by atoms with Gasteiger partial charge in [-0.25, -0.2) is 13.2 Å². The monoisotopic (exact) mass is 389 g/mol. The Hall–Kier alpha value is -2.38. The van der Waals surface area contributed by atoms with Crippen LogP contribution in [-0.2, 0) is 10.0 Å². The van der Waals surface area contributed by atoms with Crippen LogP contribution in [0.4, 0.5) is 0 Å². The van der Waals surface area contributed by atoms with Gasteiger partial charge in [-0.1, -0.05) is 6.42 Å². The van der Waals surface area contributed by atoms with Crippen molar-refractivity contribution in [2.24, 2.45) is 0 Å². The average molecular weight is 389 g/mol. The number of carbonyl (C=O) groups is 1. The minimum atomic E-state index is -3.51. The van der Waals surface area contributed by atoms with Crippen LogP contribution >= 0.6 is 0 Å². The van der Waals surface area contributed by atoms with E-state index in [-0.39, 0.29) is 4.90 Å². The van der Waals surface area contributed by atoms with Crippen molar-refractivity contribution in [2.75, 3.05) is 19.7 Å². The third-order valence-corrected chi connectivity index (χ3v) is 6.30. The van der Waals surface area contributed by atoms with Crippen LogP contribution in [0.3, 0.4) is 0 Å². The molecule has 0 amide bonds. The van der Waals surface area contributed by atoms with Crippen molar-refractivity contribution >= 4 is 16.0 Å². The predicted molar refractivity (Wildman–Crippen MR) is 102 cm³/mol. The van der Waals surface area contributed by atoms with Crippen LogP contribution in [-0.4, -0.2) is 38.4 Å². The van der Waals surface area contributed by atoms with E-state index in [1.807, 2.05) is 6.92 Å². The summed E-state index contributed by atoms with van der Waals surface area (Å²) in [4.78, 5) is 12.5. The highest BCUT2D eigenvalue weighted by Gasteiger charge is 2.26. The molecule has 0 atom stereocenters. The summed E-state index contributed by atoms with van der Waals surface area (Å²) in [6.07, 6.45) is 2.82. The van der Waals surface area contributed by atoms with Gasteiger partial charge in [-0.2, -0.15) is 4.31 Å². The molecule has 0 N–H and O–H groups in total. The zero-order valence-electron chi connectivity index (χ0n) is 15.3. The van der Waals surface area contributed by atoms with Crippen LogP contribution in [0.2, 0.25) is 0 Å². The average Bonchev–Trinajstić information content (AvgIpc) is 2.70. The molecule has 2 aromatic rings. The first-order valence-corrected chi connectivity index (χ1v) is 10.5. The molecule has 0 saturated carbocycles. The molecule has 7 heteroatoms. The van der Waals surface area contributed by atoms with Crippen molar-refractivity contribution in [3.8, 4) is 11.5 Å². The second-order valence-electron chi connectivity index (χ2n) is 6.28. The molecule has 0 unspecified atom stereocenters. The zero-order chi connectivity index (χ0) is 19.3. The van der Waals surface area contributed by atoms with Crippen molar-refractivity contribution < 1.29 is 22.7 Å². The summed E-state index contributed by atoms with van der Waals surface area (Å²) >= 11 is 0. The zero-order valence-corrected chi connectivity index (χ0v) is 16.1. The summed E-state index contributed by atoms with van der Waals surface area (Å²) in [6.45, 7) is 3.54. The van der Waals surface area contributed by atoms with Gasteiger partial charge in [-0.3, -0.25) is 0 Å². The third kappa shape index (κ3) is 4.67. The van der Waals surface area contributed by atoms with Crippen LogP contribution in [0.15, 0.2) is 53.4 Å². The molecule has 0 aromatic heterocycles. The summed E-state index contributed by atoms with van der Waals surface area (Å²) in [5, 5.41) is 0. The van der Waals surface area contributed by atoms with Crippen molar-refractivity contribution in [1.82, 2.24) is 4.31 Å². The molecule has 1 heterocycles. The molecule has 1 fully saturated rings. The highest BCUT2D eigenvalue weighted by molar-refractivity contribution is 7.89. The number of esters is 1. The van der Waals surface area contributed by atoms with Crippen LogP contribution in [0, 0.1) is 0 Å². The molecule has 27 heavy (non-hydrogen) atoms. The molecule has 0 aliphatic carbocycles. The van der Waals surface area contributed by atoms with Crippen molar-refractivity contribution in [1.29, 1.82) is 0 Å². The van der Waals surface area contributed by atoms with E-state index in [2.05, 4.69) is 0 Å². The topological polar surface area (TPSA) is 72.9 Å². The lowest BCUT2D eigenvalue weighted by Gasteiger charge is -2.25. The van der Waals surface area contributed by atoms with Gasteiger partial charge in [0.25, 0.3) is 0 Å². The maximum atomic E-state index is 12.6. The van der Waals surface area contributed by atoms with Crippen molar-refractivity contribution in [3.05, 3.63) is 54.1 Å². The first-order chi connectivity index (χ1) is 13.0. The molecule has 1 aliphatic heterocycles. The number of piperidine rings is 1. The van der Waals surface area contributed by atoms with E-state index >= 15 is 0 Å². The minimum absolute atomic E-state index is 0.196. The molecule has 144 valence electrons. The van der Waals surface area contributed by atoms with Gasteiger partial charge in [0, 0.05) is 13.1 Å². The van der Waals surface area contributed by atoms with Crippen molar-refractivity contribution in [2.45, 2.75) is 31.1 Å². The quantitative estimate of drug-likeness (QED) is 0.559. The van der Waals surface area contributed by atoms with Crippen molar-refractivity contribution in [3.63, 3.8) is 0 Å². The number of hydrogen-bond acceptors (Lipinski definition) is 5. The molecule has 2 aromatic carbocycles. The summed E-state index contributed by atoms with van der Waals surface area (Å²) in [5.74, 6) is 0.555. The Morgan fingerprint density at radius 3 is 2.11 bits per heavy atom. The third-order valence-electron chi connectivity index (χ3n) is 4.39. The van der Waals surface area contributed by atoms with Crippen LogP contribution in [0.25, 0.3) is 0 Å². The SMILES string of the molecule is CCOc1ccc(OC(=O)c2ccc(S(=O)(=O)N3CCCCC3)cc2)cc1. The van der Waals surface area contributed by atoms with E-state index in [0.717, 1.165) is 19.3 Å². The van der Waals surface area contributed by atoms with E-state index in [0.29, 0.717) is 36.8 Å².